The van der Waals surface area contributed by atoms with Gasteiger partial charge in [0.25, 0.3) is 0 Å². The Morgan fingerprint density at radius 3 is 2.32 bits per heavy atom. The fourth-order valence-corrected chi connectivity index (χ4v) is 3.26. The first kappa shape index (κ1) is 14.7. The van der Waals surface area contributed by atoms with Gasteiger partial charge in [-0.05, 0) is 43.6 Å². The highest BCUT2D eigenvalue weighted by Crippen LogP contribution is 2.31. The monoisotopic (exact) mass is 296 g/mol. The number of pyridine rings is 1. The third-order valence-electron chi connectivity index (χ3n) is 4.27. The van der Waals surface area contributed by atoms with Crippen molar-refractivity contribution in [1.29, 1.82) is 0 Å². The van der Waals surface area contributed by atoms with Gasteiger partial charge >= 0.3 is 5.97 Å². The van der Waals surface area contributed by atoms with Crippen molar-refractivity contribution < 1.29 is 9.90 Å². The molecule has 1 saturated heterocycles. The number of aromatic nitrogens is 1. The zero-order chi connectivity index (χ0) is 15.4. The minimum Gasteiger partial charge on any atom is -0.480 e. The molecule has 0 bridgehead atoms. The van der Waals surface area contributed by atoms with E-state index in [1.54, 1.807) is 6.20 Å². The van der Waals surface area contributed by atoms with E-state index >= 15 is 0 Å². The summed E-state index contributed by atoms with van der Waals surface area (Å²) in [5, 5.41) is 9.86. The summed E-state index contributed by atoms with van der Waals surface area (Å²) >= 11 is 0. The molecule has 0 aliphatic carbocycles. The van der Waals surface area contributed by atoms with Gasteiger partial charge in [0.15, 0.2) is 0 Å². The normalized spacial score (nSPS) is 18.0. The van der Waals surface area contributed by atoms with Crippen LogP contribution in [0.4, 0.5) is 0 Å². The van der Waals surface area contributed by atoms with Gasteiger partial charge in [0.2, 0.25) is 0 Å². The lowest BCUT2D eigenvalue weighted by molar-refractivity contribution is -0.143. The Kier molecular flexibility index (Phi) is 4.49. The van der Waals surface area contributed by atoms with Crippen LogP contribution in [0, 0.1) is 0 Å². The lowest BCUT2D eigenvalue weighted by atomic mass is 9.87. The highest BCUT2D eigenvalue weighted by Gasteiger charge is 2.37. The average molecular weight is 296 g/mol. The fourth-order valence-electron chi connectivity index (χ4n) is 3.26. The Balaban J connectivity index is 2.05. The van der Waals surface area contributed by atoms with Crippen molar-refractivity contribution in [3.8, 4) is 0 Å². The van der Waals surface area contributed by atoms with E-state index in [2.05, 4.69) is 9.88 Å². The fraction of sp³-hybridized carbons (Fsp3) is 0.333. The molecule has 0 spiro atoms. The van der Waals surface area contributed by atoms with E-state index in [0.717, 1.165) is 37.2 Å². The van der Waals surface area contributed by atoms with Crippen LogP contribution in [0.15, 0.2) is 54.7 Å². The first-order valence-electron chi connectivity index (χ1n) is 7.70. The molecule has 4 nitrogen and oxygen atoms in total. The quantitative estimate of drug-likeness (QED) is 0.922. The molecule has 1 aliphatic heterocycles. The molecule has 2 unspecified atom stereocenters. The van der Waals surface area contributed by atoms with Crippen molar-refractivity contribution in [3.05, 3.63) is 66.0 Å². The minimum atomic E-state index is -0.776. The predicted octanol–water partition coefficient (Wildman–Crippen LogP) is 2.76. The molecule has 2 aromatic rings. The molecule has 1 N–H and O–H groups in total. The van der Waals surface area contributed by atoms with E-state index in [0.29, 0.717) is 0 Å². The molecular formula is C18H20N2O2. The highest BCUT2D eigenvalue weighted by atomic mass is 16.4. The lowest BCUT2D eigenvalue weighted by Gasteiger charge is -2.31. The number of hydrogen-bond donors (Lipinski definition) is 1. The molecule has 3 rings (SSSR count). The zero-order valence-electron chi connectivity index (χ0n) is 12.4. The zero-order valence-corrected chi connectivity index (χ0v) is 12.4. The number of carbonyl (C=O) groups is 1. The number of hydrogen-bond acceptors (Lipinski definition) is 3. The SMILES string of the molecule is O=C(O)C(C(c1ccccc1)c1ccccn1)N1CCCC1. The Morgan fingerprint density at radius 1 is 1.05 bits per heavy atom. The number of aliphatic carboxylic acids is 1. The van der Waals surface area contributed by atoms with Crippen LogP contribution in [0.1, 0.15) is 30.0 Å². The topological polar surface area (TPSA) is 53.4 Å². The van der Waals surface area contributed by atoms with Gasteiger partial charge in [-0.25, -0.2) is 0 Å². The maximum Gasteiger partial charge on any atom is 0.321 e. The maximum atomic E-state index is 12.0. The molecule has 2 heterocycles. The minimum absolute atomic E-state index is 0.252. The summed E-state index contributed by atoms with van der Waals surface area (Å²) in [7, 11) is 0. The predicted molar refractivity (Wildman–Crippen MR) is 84.8 cm³/mol. The summed E-state index contributed by atoms with van der Waals surface area (Å²) in [6.07, 6.45) is 3.86. The lowest BCUT2D eigenvalue weighted by Crippen LogP contribution is -2.44. The van der Waals surface area contributed by atoms with E-state index in [9.17, 15) is 9.90 Å². The van der Waals surface area contributed by atoms with Gasteiger partial charge in [-0.2, -0.15) is 0 Å². The van der Waals surface area contributed by atoms with Crippen LogP contribution in [0.3, 0.4) is 0 Å². The summed E-state index contributed by atoms with van der Waals surface area (Å²) in [4.78, 5) is 18.5. The standard InChI is InChI=1S/C18H20N2O2/c21-18(22)17(20-12-6-7-13-20)16(14-8-2-1-3-9-14)15-10-4-5-11-19-15/h1-5,8-11,16-17H,6-7,12-13H2,(H,21,22). The summed E-state index contributed by atoms with van der Waals surface area (Å²) in [5.41, 5.74) is 1.81. The third kappa shape index (κ3) is 3.02. The van der Waals surface area contributed by atoms with E-state index in [-0.39, 0.29) is 5.92 Å². The van der Waals surface area contributed by atoms with Crippen LogP contribution < -0.4 is 0 Å². The number of benzene rings is 1. The van der Waals surface area contributed by atoms with Crippen molar-refractivity contribution in [2.75, 3.05) is 13.1 Å². The van der Waals surface area contributed by atoms with E-state index in [4.69, 9.17) is 0 Å². The second-order valence-electron chi connectivity index (χ2n) is 5.67. The van der Waals surface area contributed by atoms with Crippen LogP contribution in [-0.4, -0.2) is 40.1 Å². The van der Waals surface area contributed by atoms with Gasteiger partial charge in [-0.15, -0.1) is 0 Å². The number of likely N-dealkylation sites (tertiary alicyclic amines) is 1. The molecule has 22 heavy (non-hydrogen) atoms. The first-order chi connectivity index (χ1) is 10.8. The van der Waals surface area contributed by atoms with Crippen LogP contribution >= 0.6 is 0 Å². The van der Waals surface area contributed by atoms with Crippen molar-refractivity contribution >= 4 is 5.97 Å². The maximum absolute atomic E-state index is 12.0. The van der Waals surface area contributed by atoms with Gasteiger partial charge in [0.1, 0.15) is 6.04 Å². The van der Waals surface area contributed by atoms with Crippen LogP contribution in [0.25, 0.3) is 0 Å². The summed E-state index contributed by atoms with van der Waals surface area (Å²) < 4.78 is 0. The smallest absolute Gasteiger partial charge is 0.321 e. The first-order valence-corrected chi connectivity index (χ1v) is 7.70. The molecule has 0 saturated carbocycles. The van der Waals surface area contributed by atoms with E-state index in [1.807, 2.05) is 48.5 Å². The number of carboxylic acid groups (broad SMARTS) is 1. The Labute approximate surface area is 130 Å². The van der Waals surface area contributed by atoms with Crippen LogP contribution in [-0.2, 0) is 4.79 Å². The van der Waals surface area contributed by atoms with Gasteiger partial charge in [0, 0.05) is 11.9 Å². The molecule has 1 fully saturated rings. The number of carboxylic acids is 1. The van der Waals surface area contributed by atoms with Gasteiger partial charge in [0.05, 0.1) is 5.92 Å². The second kappa shape index (κ2) is 6.71. The summed E-state index contributed by atoms with van der Waals surface area (Å²) in [6, 6.07) is 15.0. The molecule has 1 aromatic heterocycles. The Hall–Kier alpha value is -2.20. The molecule has 1 aromatic carbocycles. The second-order valence-corrected chi connectivity index (χ2v) is 5.67. The van der Waals surface area contributed by atoms with Crippen molar-refractivity contribution in [3.63, 3.8) is 0 Å². The third-order valence-corrected chi connectivity index (χ3v) is 4.27. The molecule has 0 radical (unpaired) electrons. The van der Waals surface area contributed by atoms with E-state index in [1.165, 1.54) is 0 Å². The molecular weight excluding hydrogens is 276 g/mol. The van der Waals surface area contributed by atoms with Crippen LogP contribution in [0.5, 0.6) is 0 Å². The molecule has 114 valence electrons. The van der Waals surface area contributed by atoms with Crippen molar-refractivity contribution in [2.45, 2.75) is 24.8 Å². The Bertz CT molecular complexity index is 570. The van der Waals surface area contributed by atoms with Gasteiger partial charge < -0.3 is 5.11 Å². The summed E-state index contributed by atoms with van der Waals surface area (Å²) in [5.74, 6) is -1.03. The molecule has 2 atom stereocenters. The summed E-state index contributed by atoms with van der Waals surface area (Å²) in [6.45, 7) is 1.68. The van der Waals surface area contributed by atoms with Crippen molar-refractivity contribution in [2.24, 2.45) is 0 Å². The number of nitrogens with zero attached hydrogens (tertiary/aromatic N) is 2. The largest absolute Gasteiger partial charge is 0.480 e. The molecule has 0 amide bonds. The molecule has 4 heteroatoms. The van der Waals surface area contributed by atoms with E-state index < -0.39 is 12.0 Å². The molecule has 1 aliphatic rings. The average Bonchev–Trinajstić information content (AvgIpc) is 3.07. The number of rotatable bonds is 5. The Morgan fingerprint density at radius 2 is 1.73 bits per heavy atom. The van der Waals surface area contributed by atoms with Crippen LogP contribution in [0.2, 0.25) is 0 Å². The van der Waals surface area contributed by atoms with Gasteiger partial charge in [-0.3, -0.25) is 14.7 Å². The van der Waals surface area contributed by atoms with Crippen molar-refractivity contribution in [1.82, 2.24) is 9.88 Å². The highest BCUT2D eigenvalue weighted by molar-refractivity contribution is 5.76. The van der Waals surface area contributed by atoms with Gasteiger partial charge in [-0.1, -0.05) is 36.4 Å².